The maximum absolute atomic E-state index is 12.0. The third kappa shape index (κ3) is 3.54. The first-order chi connectivity index (χ1) is 9.06. The molecule has 0 saturated heterocycles. The number of amides is 1. The molecule has 4 nitrogen and oxygen atoms in total. The van der Waals surface area contributed by atoms with E-state index >= 15 is 0 Å². The Morgan fingerprint density at radius 2 is 2.16 bits per heavy atom. The van der Waals surface area contributed by atoms with Crippen LogP contribution in [-0.2, 0) is 4.79 Å². The molecule has 0 radical (unpaired) electrons. The van der Waals surface area contributed by atoms with E-state index in [1.165, 1.54) is 16.9 Å². The second-order valence-electron chi connectivity index (χ2n) is 4.51. The van der Waals surface area contributed by atoms with Gasteiger partial charge in [-0.2, -0.15) is 0 Å². The zero-order valence-corrected chi connectivity index (χ0v) is 12.0. The van der Waals surface area contributed by atoms with Crippen molar-refractivity contribution >= 4 is 28.1 Å². The molecule has 1 aromatic heterocycles. The molecular formula is C14H17N3OS. The van der Waals surface area contributed by atoms with Crippen molar-refractivity contribution in [1.82, 2.24) is 4.98 Å². The van der Waals surface area contributed by atoms with Gasteiger partial charge in [-0.05, 0) is 32.4 Å². The van der Waals surface area contributed by atoms with Crippen molar-refractivity contribution in [3.05, 3.63) is 40.9 Å². The first-order valence-corrected chi connectivity index (χ1v) is 6.98. The topological polar surface area (TPSA) is 54.0 Å². The van der Waals surface area contributed by atoms with Crippen LogP contribution in [0.4, 0.5) is 10.8 Å². The highest BCUT2D eigenvalue weighted by Gasteiger charge is 2.14. The number of carbonyl (C=O) groups excluding carboxylic acids is 1. The van der Waals surface area contributed by atoms with Gasteiger partial charge in [0.2, 0.25) is 5.91 Å². The summed E-state index contributed by atoms with van der Waals surface area (Å²) in [6.45, 7) is 5.92. The minimum atomic E-state index is -0.315. The lowest BCUT2D eigenvalue weighted by atomic mass is 10.1. The van der Waals surface area contributed by atoms with Crippen LogP contribution >= 0.6 is 11.3 Å². The third-order valence-corrected chi connectivity index (χ3v) is 3.50. The lowest BCUT2D eigenvalue weighted by molar-refractivity contribution is -0.116. The number of nitrogens with zero attached hydrogens (tertiary/aromatic N) is 1. The summed E-state index contributed by atoms with van der Waals surface area (Å²) in [5.74, 6) is -0.0880. The molecule has 1 heterocycles. The maximum Gasteiger partial charge on any atom is 0.248 e. The molecular weight excluding hydrogens is 258 g/mol. The van der Waals surface area contributed by atoms with Crippen LogP contribution in [0.15, 0.2) is 29.8 Å². The number of rotatable bonds is 4. The Morgan fingerprint density at radius 3 is 2.79 bits per heavy atom. The van der Waals surface area contributed by atoms with Crippen LogP contribution < -0.4 is 10.6 Å². The first kappa shape index (κ1) is 13.5. The Kier molecular flexibility index (Phi) is 4.16. The summed E-state index contributed by atoms with van der Waals surface area (Å²) >= 11 is 1.41. The SMILES string of the molecule is Cc1ccc(N[C@H](C)C(=O)Nc2nccs2)c(C)c1. The van der Waals surface area contributed by atoms with E-state index in [2.05, 4.69) is 28.6 Å². The number of benzene rings is 1. The van der Waals surface area contributed by atoms with Crippen LogP contribution in [0.3, 0.4) is 0 Å². The van der Waals surface area contributed by atoms with Gasteiger partial charge in [-0.1, -0.05) is 17.7 Å². The minimum absolute atomic E-state index is 0.0880. The fraction of sp³-hybridized carbons (Fsp3) is 0.286. The van der Waals surface area contributed by atoms with Crippen LogP contribution in [0, 0.1) is 13.8 Å². The highest BCUT2D eigenvalue weighted by atomic mass is 32.1. The molecule has 0 bridgehead atoms. The molecule has 2 N–H and O–H groups in total. The van der Waals surface area contributed by atoms with Crippen LogP contribution in [0.25, 0.3) is 0 Å². The first-order valence-electron chi connectivity index (χ1n) is 6.10. The number of hydrogen-bond acceptors (Lipinski definition) is 4. The van der Waals surface area contributed by atoms with Gasteiger partial charge in [0.25, 0.3) is 0 Å². The zero-order chi connectivity index (χ0) is 13.8. The summed E-state index contributed by atoms with van der Waals surface area (Å²) in [5, 5.41) is 8.45. The average molecular weight is 275 g/mol. The molecule has 5 heteroatoms. The van der Waals surface area contributed by atoms with Gasteiger partial charge in [0.05, 0.1) is 0 Å². The summed E-state index contributed by atoms with van der Waals surface area (Å²) in [5.41, 5.74) is 3.32. The van der Waals surface area contributed by atoms with Gasteiger partial charge < -0.3 is 10.6 Å². The van der Waals surface area contributed by atoms with Crippen LogP contribution in [0.1, 0.15) is 18.1 Å². The Morgan fingerprint density at radius 1 is 1.37 bits per heavy atom. The molecule has 0 spiro atoms. The van der Waals surface area contributed by atoms with Crippen molar-refractivity contribution in [2.75, 3.05) is 10.6 Å². The summed E-state index contributed by atoms with van der Waals surface area (Å²) in [6, 6.07) is 5.80. The van der Waals surface area contributed by atoms with Crippen molar-refractivity contribution in [3.8, 4) is 0 Å². The van der Waals surface area contributed by atoms with E-state index in [-0.39, 0.29) is 11.9 Å². The number of nitrogens with one attached hydrogen (secondary N) is 2. The molecule has 0 aliphatic carbocycles. The predicted molar refractivity (Wildman–Crippen MR) is 79.7 cm³/mol. The number of anilines is 2. The second kappa shape index (κ2) is 5.84. The molecule has 0 aliphatic rings. The Hall–Kier alpha value is -1.88. The number of carbonyl (C=O) groups is 1. The van der Waals surface area contributed by atoms with Gasteiger partial charge >= 0.3 is 0 Å². The largest absolute Gasteiger partial charge is 0.374 e. The van der Waals surface area contributed by atoms with Gasteiger partial charge in [-0.3, -0.25) is 4.79 Å². The maximum atomic E-state index is 12.0. The fourth-order valence-corrected chi connectivity index (χ4v) is 2.31. The van der Waals surface area contributed by atoms with Crippen molar-refractivity contribution in [3.63, 3.8) is 0 Å². The molecule has 2 aromatic rings. The molecule has 100 valence electrons. The predicted octanol–water partition coefficient (Wildman–Crippen LogP) is 3.20. The lowest BCUT2D eigenvalue weighted by Crippen LogP contribution is -2.32. The highest BCUT2D eigenvalue weighted by molar-refractivity contribution is 7.13. The number of aromatic nitrogens is 1. The van der Waals surface area contributed by atoms with Crippen LogP contribution in [0.2, 0.25) is 0 Å². The number of hydrogen-bond donors (Lipinski definition) is 2. The van der Waals surface area contributed by atoms with E-state index in [0.29, 0.717) is 5.13 Å². The molecule has 2 rings (SSSR count). The van der Waals surface area contributed by atoms with Gasteiger partial charge in [0.1, 0.15) is 6.04 Å². The minimum Gasteiger partial charge on any atom is -0.374 e. The third-order valence-electron chi connectivity index (χ3n) is 2.81. The summed E-state index contributed by atoms with van der Waals surface area (Å²) < 4.78 is 0. The molecule has 19 heavy (non-hydrogen) atoms. The van der Waals surface area contributed by atoms with Crippen molar-refractivity contribution in [1.29, 1.82) is 0 Å². The summed E-state index contributed by atoms with van der Waals surface area (Å²) in [7, 11) is 0. The van der Waals surface area contributed by atoms with Crippen LogP contribution in [-0.4, -0.2) is 16.9 Å². The quantitative estimate of drug-likeness (QED) is 0.901. The van der Waals surface area contributed by atoms with E-state index < -0.39 is 0 Å². The number of aryl methyl sites for hydroxylation is 2. The van der Waals surface area contributed by atoms with Gasteiger partial charge in [0.15, 0.2) is 5.13 Å². The Labute approximate surface area is 116 Å². The fourth-order valence-electron chi connectivity index (χ4n) is 1.77. The molecule has 0 unspecified atom stereocenters. The van der Waals surface area contributed by atoms with Crippen molar-refractivity contribution < 1.29 is 4.79 Å². The molecule has 0 saturated carbocycles. The van der Waals surface area contributed by atoms with Crippen molar-refractivity contribution in [2.24, 2.45) is 0 Å². The van der Waals surface area contributed by atoms with E-state index in [9.17, 15) is 4.79 Å². The van der Waals surface area contributed by atoms with E-state index in [0.717, 1.165) is 11.3 Å². The molecule has 1 aromatic carbocycles. The lowest BCUT2D eigenvalue weighted by Gasteiger charge is -2.16. The standard InChI is InChI=1S/C14H17N3OS/c1-9-4-5-12(10(2)8-9)16-11(3)13(18)17-14-15-6-7-19-14/h4-8,11,16H,1-3H3,(H,15,17,18)/t11-/m1/s1. The number of thiazole rings is 1. The van der Waals surface area contributed by atoms with Crippen molar-refractivity contribution in [2.45, 2.75) is 26.8 Å². The molecule has 1 atom stereocenters. The normalized spacial score (nSPS) is 11.9. The average Bonchev–Trinajstić information content (AvgIpc) is 2.85. The van der Waals surface area contributed by atoms with E-state index in [4.69, 9.17) is 0 Å². The molecule has 0 aliphatic heterocycles. The molecule has 1 amide bonds. The van der Waals surface area contributed by atoms with E-state index in [1.807, 2.05) is 31.4 Å². The summed E-state index contributed by atoms with van der Waals surface area (Å²) in [6.07, 6.45) is 1.67. The van der Waals surface area contributed by atoms with Crippen LogP contribution in [0.5, 0.6) is 0 Å². The zero-order valence-electron chi connectivity index (χ0n) is 11.2. The Balaban J connectivity index is 2.00. The molecule has 0 fully saturated rings. The highest BCUT2D eigenvalue weighted by Crippen LogP contribution is 2.17. The van der Waals surface area contributed by atoms with E-state index in [1.54, 1.807) is 6.20 Å². The second-order valence-corrected chi connectivity index (χ2v) is 5.41. The van der Waals surface area contributed by atoms with Gasteiger partial charge in [0, 0.05) is 17.3 Å². The van der Waals surface area contributed by atoms with Gasteiger partial charge in [-0.25, -0.2) is 4.98 Å². The monoisotopic (exact) mass is 275 g/mol. The smallest absolute Gasteiger partial charge is 0.248 e. The van der Waals surface area contributed by atoms with Gasteiger partial charge in [-0.15, -0.1) is 11.3 Å². The Bertz CT molecular complexity index is 566. The summed E-state index contributed by atoms with van der Waals surface area (Å²) in [4.78, 5) is 16.0.